The van der Waals surface area contributed by atoms with Crippen LogP contribution in [-0.4, -0.2) is 41.8 Å². The van der Waals surface area contributed by atoms with Gasteiger partial charge in [0.15, 0.2) is 0 Å². The molecule has 5 aliphatic rings. The van der Waals surface area contributed by atoms with Gasteiger partial charge < -0.3 is 9.64 Å². The number of hydrogen-bond donors (Lipinski definition) is 0. The van der Waals surface area contributed by atoms with Crippen LogP contribution < -0.4 is 0 Å². The Kier molecular flexibility index (Phi) is 6.37. The van der Waals surface area contributed by atoms with Crippen molar-refractivity contribution in [1.82, 2.24) is 4.90 Å². The first-order valence-corrected chi connectivity index (χ1v) is 13.8. The molecule has 4 saturated carbocycles. The molecule has 7 unspecified atom stereocenters. The van der Waals surface area contributed by atoms with Crippen LogP contribution in [0.25, 0.3) is 0 Å². The molecule has 0 aromatic heterocycles. The number of carbonyl (C=O) groups excluding carboxylic acids is 3. The van der Waals surface area contributed by atoms with E-state index in [0.717, 1.165) is 70.4 Å². The number of ether oxygens (including phenoxy) is 1. The quantitative estimate of drug-likeness (QED) is 0.537. The third kappa shape index (κ3) is 4.27. The number of Topliss-reactive ketones (excluding diaryl/α,β-unsaturated/α-hetero) is 1. The highest BCUT2D eigenvalue weighted by Crippen LogP contribution is 2.62. The van der Waals surface area contributed by atoms with Crippen molar-refractivity contribution in [2.45, 2.75) is 110 Å². The monoisotopic (exact) mass is 457 g/mol. The van der Waals surface area contributed by atoms with Gasteiger partial charge in [0.25, 0.3) is 0 Å². The molecule has 0 spiro atoms. The van der Waals surface area contributed by atoms with Crippen LogP contribution in [0.15, 0.2) is 0 Å². The van der Waals surface area contributed by atoms with E-state index in [1.807, 2.05) is 4.90 Å². The molecule has 0 aromatic carbocycles. The Morgan fingerprint density at radius 3 is 2.52 bits per heavy atom. The van der Waals surface area contributed by atoms with Crippen LogP contribution in [0.3, 0.4) is 0 Å². The van der Waals surface area contributed by atoms with Gasteiger partial charge in [0, 0.05) is 31.3 Å². The first-order chi connectivity index (χ1) is 15.8. The standard InChI is InChI=1S/C28H43NO4/c1-27-13-11-22(33-26(32)10-9-25(31)29-15-3-4-16-29)18-21(27)6-5-19-17-20-7-8-24(30)28(20,2)14-12-23(19)27/h19-23H,3-18H2,1-2H3. The average molecular weight is 458 g/mol. The minimum Gasteiger partial charge on any atom is -0.462 e. The normalized spacial score (nSPS) is 42.8. The molecular weight excluding hydrogens is 414 g/mol. The highest BCUT2D eigenvalue weighted by molar-refractivity contribution is 5.87. The van der Waals surface area contributed by atoms with Gasteiger partial charge in [-0.3, -0.25) is 14.4 Å². The smallest absolute Gasteiger partial charge is 0.306 e. The van der Waals surface area contributed by atoms with E-state index < -0.39 is 0 Å². The minimum absolute atomic E-state index is 0.0123. The molecule has 5 fully saturated rings. The topological polar surface area (TPSA) is 63.7 Å². The molecule has 1 heterocycles. The fraction of sp³-hybridized carbons (Fsp3) is 0.893. The molecule has 7 atom stereocenters. The number of ketones is 1. The molecule has 5 rings (SSSR count). The van der Waals surface area contributed by atoms with E-state index in [2.05, 4.69) is 13.8 Å². The Hall–Kier alpha value is -1.39. The molecule has 184 valence electrons. The second-order valence-electron chi connectivity index (χ2n) is 12.5. The zero-order valence-corrected chi connectivity index (χ0v) is 20.8. The number of fused-ring (bicyclic) bond motifs is 4. The summed E-state index contributed by atoms with van der Waals surface area (Å²) < 4.78 is 5.90. The summed E-state index contributed by atoms with van der Waals surface area (Å²) in [6, 6.07) is 0. The first kappa shape index (κ1) is 23.4. The average Bonchev–Trinajstić information content (AvgIpc) is 3.38. The van der Waals surface area contributed by atoms with Gasteiger partial charge in [0.1, 0.15) is 11.9 Å². The van der Waals surface area contributed by atoms with Gasteiger partial charge in [0.05, 0.1) is 6.42 Å². The summed E-state index contributed by atoms with van der Waals surface area (Å²) in [5.74, 6) is 3.11. The number of hydrogen-bond acceptors (Lipinski definition) is 4. The number of likely N-dealkylation sites (tertiary alicyclic amines) is 1. The number of esters is 1. The molecule has 5 nitrogen and oxygen atoms in total. The number of nitrogens with zero attached hydrogens (tertiary/aromatic N) is 1. The molecule has 1 aliphatic heterocycles. The summed E-state index contributed by atoms with van der Waals surface area (Å²) in [7, 11) is 0. The van der Waals surface area contributed by atoms with Gasteiger partial charge in [-0.05, 0) is 99.7 Å². The van der Waals surface area contributed by atoms with E-state index in [1.165, 1.54) is 25.7 Å². The first-order valence-electron chi connectivity index (χ1n) is 13.8. The van der Waals surface area contributed by atoms with Crippen LogP contribution in [0.1, 0.15) is 104 Å². The maximum atomic E-state index is 12.7. The fourth-order valence-corrected chi connectivity index (χ4v) is 8.68. The summed E-state index contributed by atoms with van der Waals surface area (Å²) in [5.41, 5.74) is 0.248. The van der Waals surface area contributed by atoms with Crippen molar-refractivity contribution in [1.29, 1.82) is 0 Å². The molecule has 0 bridgehead atoms. The Labute approximate surface area is 199 Å². The van der Waals surface area contributed by atoms with Crippen molar-refractivity contribution in [3.8, 4) is 0 Å². The molecular formula is C28H43NO4. The van der Waals surface area contributed by atoms with E-state index in [-0.39, 0.29) is 36.2 Å². The zero-order valence-electron chi connectivity index (χ0n) is 20.8. The Morgan fingerprint density at radius 2 is 1.73 bits per heavy atom. The predicted octanol–water partition coefficient (Wildman–Crippen LogP) is 5.30. The molecule has 1 amide bonds. The molecule has 0 aromatic rings. The Balaban J connectivity index is 1.16. The highest BCUT2D eigenvalue weighted by Gasteiger charge is 2.56. The lowest BCUT2D eigenvalue weighted by Crippen LogP contribution is -2.48. The van der Waals surface area contributed by atoms with Crippen molar-refractivity contribution in [3.05, 3.63) is 0 Å². The second-order valence-corrected chi connectivity index (χ2v) is 12.5. The second kappa shape index (κ2) is 9.00. The van der Waals surface area contributed by atoms with E-state index in [0.29, 0.717) is 29.0 Å². The maximum Gasteiger partial charge on any atom is 0.306 e. The fourth-order valence-electron chi connectivity index (χ4n) is 8.68. The third-order valence-corrected chi connectivity index (χ3v) is 10.9. The zero-order chi connectivity index (χ0) is 23.2. The van der Waals surface area contributed by atoms with Gasteiger partial charge in [-0.25, -0.2) is 0 Å². The molecule has 1 saturated heterocycles. The number of amides is 1. The minimum atomic E-state index is -0.196. The van der Waals surface area contributed by atoms with Gasteiger partial charge in [0.2, 0.25) is 5.91 Å². The largest absolute Gasteiger partial charge is 0.462 e. The summed E-state index contributed by atoms with van der Waals surface area (Å²) in [4.78, 5) is 39.3. The Bertz CT molecular complexity index is 789. The molecule has 33 heavy (non-hydrogen) atoms. The maximum absolute atomic E-state index is 12.7. The van der Waals surface area contributed by atoms with E-state index in [9.17, 15) is 14.4 Å². The summed E-state index contributed by atoms with van der Waals surface area (Å²) in [6.07, 6.45) is 13.7. The van der Waals surface area contributed by atoms with Gasteiger partial charge in [-0.1, -0.05) is 13.8 Å². The lowest BCUT2D eigenvalue weighted by molar-refractivity contribution is -0.158. The lowest BCUT2D eigenvalue weighted by Gasteiger charge is -2.55. The van der Waals surface area contributed by atoms with E-state index in [1.54, 1.807) is 0 Å². The SMILES string of the molecule is CC12CCC3C(CCC4CC(OC(=O)CCC(=O)N5CCCC5)CCC43C)CC1CCC2=O. The van der Waals surface area contributed by atoms with Crippen LogP contribution in [-0.2, 0) is 19.1 Å². The van der Waals surface area contributed by atoms with Crippen LogP contribution in [0.4, 0.5) is 0 Å². The highest BCUT2D eigenvalue weighted by atomic mass is 16.5. The molecule has 5 heteroatoms. The molecule has 4 aliphatic carbocycles. The summed E-state index contributed by atoms with van der Waals surface area (Å²) >= 11 is 0. The van der Waals surface area contributed by atoms with Crippen LogP contribution in [0.2, 0.25) is 0 Å². The van der Waals surface area contributed by atoms with Crippen LogP contribution >= 0.6 is 0 Å². The van der Waals surface area contributed by atoms with Crippen molar-refractivity contribution in [2.24, 2.45) is 34.5 Å². The third-order valence-electron chi connectivity index (χ3n) is 10.9. The van der Waals surface area contributed by atoms with Crippen molar-refractivity contribution in [3.63, 3.8) is 0 Å². The lowest BCUT2D eigenvalue weighted by atomic mass is 9.51. The Morgan fingerprint density at radius 1 is 0.939 bits per heavy atom. The van der Waals surface area contributed by atoms with Crippen molar-refractivity contribution < 1.29 is 19.1 Å². The van der Waals surface area contributed by atoms with Gasteiger partial charge >= 0.3 is 5.97 Å². The number of rotatable bonds is 4. The van der Waals surface area contributed by atoms with Crippen molar-refractivity contribution >= 4 is 17.7 Å². The van der Waals surface area contributed by atoms with E-state index >= 15 is 0 Å². The number of carbonyl (C=O) groups is 3. The van der Waals surface area contributed by atoms with E-state index in [4.69, 9.17) is 4.74 Å². The van der Waals surface area contributed by atoms with Gasteiger partial charge in [-0.15, -0.1) is 0 Å². The molecule has 0 radical (unpaired) electrons. The summed E-state index contributed by atoms with van der Waals surface area (Å²) in [5, 5.41) is 0. The van der Waals surface area contributed by atoms with Gasteiger partial charge in [-0.2, -0.15) is 0 Å². The molecule has 0 N–H and O–H groups in total. The van der Waals surface area contributed by atoms with Crippen LogP contribution in [0, 0.1) is 34.5 Å². The van der Waals surface area contributed by atoms with Crippen LogP contribution in [0.5, 0.6) is 0 Å². The predicted molar refractivity (Wildman–Crippen MR) is 126 cm³/mol. The summed E-state index contributed by atoms with van der Waals surface area (Å²) in [6.45, 7) is 6.45. The van der Waals surface area contributed by atoms with Crippen molar-refractivity contribution in [2.75, 3.05) is 13.1 Å².